The molecule has 0 unspecified atom stereocenters. The van der Waals surface area contributed by atoms with Crippen molar-refractivity contribution in [1.82, 2.24) is 25.4 Å². The molecule has 0 aliphatic carbocycles. The molecule has 8 nitrogen and oxygen atoms in total. The minimum atomic E-state index is -3.70. The number of hydrogen-bond acceptors (Lipinski definition) is 5. The van der Waals surface area contributed by atoms with Crippen molar-refractivity contribution in [3.8, 4) is 0 Å². The number of H-pyrrole nitrogens is 2. The van der Waals surface area contributed by atoms with E-state index in [-0.39, 0.29) is 5.75 Å². The fourth-order valence-electron chi connectivity index (χ4n) is 1.58. The standard InChI is InChI=1S/C7H6N2.C5H12O3S.C2H3N3/c1-2-4-7-6(3-1)8-5-9-7;1-2-3-4-5-9(6,7)8;1-2-4-5-3-1/h1-5H,(H,8,9);2-5H2,1H3,(H,6,7,8);1-2H,(H,3,4,5). The Bertz CT molecular complexity index is 693. The van der Waals surface area contributed by atoms with Crippen molar-refractivity contribution >= 4 is 21.2 Å². The lowest BCUT2D eigenvalue weighted by molar-refractivity contribution is 0.480. The van der Waals surface area contributed by atoms with Crippen LogP contribution in [0.25, 0.3) is 11.0 Å². The second-order valence-electron chi connectivity index (χ2n) is 4.57. The highest BCUT2D eigenvalue weighted by molar-refractivity contribution is 7.85. The summed E-state index contributed by atoms with van der Waals surface area (Å²) in [6.45, 7) is 1.98. The van der Waals surface area contributed by atoms with Crippen LogP contribution in [0.2, 0.25) is 0 Å². The van der Waals surface area contributed by atoms with Crippen molar-refractivity contribution in [2.24, 2.45) is 0 Å². The molecule has 0 amide bonds. The van der Waals surface area contributed by atoms with Gasteiger partial charge in [-0.2, -0.15) is 23.8 Å². The van der Waals surface area contributed by atoms with E-state index in [0.29, 0.717) is 6.42 Å². The summed E-state index contributed by atoms with van der Waals surface area (Å²) in [4.78, 5) is 7.07. The molecule has 3 aromatic rings. The van der Waals surface area contributed by atoms with Gasteiger partial charge in [0.25, 0.3) is 10.1 Å². The number of fused-ring (bicyclic) bond motifs is 1. The minimum absolute atomic E-state index is 0.0964. The lowest BCUT2D eigenvalue weighted by atomic mass is 10.3. The van der Waals surface area contributed by atoms with Crippen LogP contribution in [0.1, 0.15) is 26.2 Å². The van der Waals surface area contributed by atoms with Crippen molar-refractivity contribution in [1.29, 1.82) is 0 Å². The summed E-state index contributed by atoms with van der Waals surface area (Å²) in [6, 6.07) is 7.94. The maximum absolute atomic E-state index is 10.1. The van der Waals surface area contributed by atoms with Gasteiger partial charge in [-0.1, -0.05) is 31.9 Å². The van der Waals surface area contributed by atoms with Gasteiger partial charge in [-0.05, 0) is 18.6 Å². The monoisotopic (exact) mass is 339 g/mol. The lowest BCUT2D eigenvalue weighted by Gasteiger charge is -1.92. The van der Waals surface area contributed by atoms with E-state index in [4.69, 9.17) is 4.55 Å². The molecule has 0 fully saturated rings. The molecule has 126 valence electrons. The summed E-state index contributed by atoms with van der Waals surface area (Å²) in [7, 11) is -3.70. The summed E-state index contributed by atoms with van der Waals surface area (Å²) in [5, 5.41) is 9.33. The van der Waals surface area contributed by atoms with E-state index in [1.165, 1.54) is 0 Å². The predicted octanol–water partition coefficient (Wildman–Crippen LogP) is 2.43. The third-order valence-electron chi connectivity index (χ3n) is 2.66. The van der Waals surface area contributed by atoms with E-state index in [9.17, 15) is 8.42 Å². The number of rotatable bonds is 4. The molecule has 9 heteroatoms. The molecular weight excluding hydrogens is 318 g/mol. The molecule has 0 saturated carbocycles. The second kappa shape index (κ2) is 10.5. The largest absolute Gasteiger partial charge is 0.345 e. The molecule has 3 rings (SSSR count). The van der Waals surface area contributed by atoms with Gasteiger partial charge >= 0.3 is 0 Å². The van der Waals surface area contributed by atoms with E-state index < -0.39 is 10.1 Å². The number of nitrogens with zero attached hydrogens (tertiary/aromatic N) is 3. The van der Waals surface area contributed by atoms with Gasteiger partial charge in [0.1, 0.15) is 0 Å². The van der Waals surface area contributed by atoms with Crippen LogP contribution in [-0.2, 0) is 10.1 Å². The number of benzene rings is 1. The fraction of sp³-hybridized carbons (Fsp3) is 0.357. The molecule has 0 atom stereocenters. The fourth-order valence-corrected chi connectivity index (χ4v) is 2.15. The van der Waals surface area contributed by atoms with E-state index in [1.807, 2.05) is 31.2 Å². The summed E-state index contributed by atoms with van der Waals surface area (Å²) < 4.78 is 28.3. The molecule has 0 bridgehead atoms. The second-order valence-corrected chi connectivity index (χ2v) is 6.14. The Balaban J connectivity index is 0.000000180. The predicted molar refractivity (Wildman–Crippen MR) is 88.4 cm³/mol. The Hall–Kier alpha value is -2.26. The van der Waals surface area contributed by atoms with Crippen molar-refractivity contribution in [2.75, 3.05) is 5.75 Å². The number of para-hydroxylation sites is 2. The first-order chi connectivity index (χ1) is 11.0. The summed E-state index contributed by atoms with van der Waals surface area (Å²) in [5.41, 5.74) is 2.12. The van der Waals surface area contributed by atoms with Gasteiger partial charge < -0.3 is 4.98 Å². The molecule has 2 aromatic heterocycles. The third kappa shape index (κ3) is 9.38. The van der Waals surface area contributed by atoms with Crippen LogP contribution in [-0.4, -0.2) is 44.1 Å². The van der Waals surface area contributed by atoms with Crippen LogP contribution in [0, 0.1) is 0 Å². The van der Waals surface area contributed by atoms with E-state index in [2.05, 4.69) is 25.4 Å². The van der Waals surface area contributed by atoms with E-state index >= 15 is 0 Å². The van der Waals surface area contributed by atoms with Crippen molar-refractivity contribution < 1.29 is 13.0 Å². The summed E-state index contributed by atoms with van der Waals surface area (Å²) >= 11 is 0. The Labute approximate surface area is 135 Å². The zero-order chi connectivity index (χ0) is 17.0. The van der Waals surface area contributed by atoms with Gasteiger partial charge in [-0.15, -0.1) is 0 Å². The van der Waals surface area contributed by atoms with Gasteiger partial charge in [0, 0.05) is 0 Å². The molecule has 0 aliphatic heterocycles. The molecule has 0 aliphatic rings. The first-order valence-corrected chi connectivity index (χ1v) is 8.77. The van der Waals surface area contributed by atoms with Crippen LogP contribution < -0.4 is 0 Å². The van der Waals surface area contributed by atoms with Crippen LogP contribution in [0.5, 0.6) is 0 Å². The van der Waals surface area contributed by atoms with Gasteiger partial charge in [0.15, 0.2) is 0 Å². The number of hydrogen-bond donors (Lipinski definition) is 3. The Morgan fingerprint density at radius 2 is 1.83 bits per heavy atom. The molecule has 0 saturated heterocycles. The van der Waals surface area contributed by atoms with Crippen molar-refractivity contribution in [2.45, 2.75) is 26.2 Å². The molecular formula is C14H21N5O3S. The first-order valence-electron chi connectivity index (χ1n) is 7.16. The molecule has 2 heterocycles. The molecule has 3 N–H and O–H groups in total. The molecule has 1 aromatic carbocycles. The normalized spacial score (nSPS) is 10.3. The highest BCUT2D eigenvalue weighted by Gasteiger charge is 2.01. The average molecular weight is 339 g/mol. The van der Waals surface area contributed by atoms with Gasteiger partial charge in [0.2, 0.25) is 0 Å². The molecule has 0 spiro atoms. The van der Waals surface area contributed by atoms with Crippen LogP contribution in [0.4, 0.5) is 0 Å². The number of aromatic nitrogens is 5. The maximum Gasteiger partial charge on any atom is 0.264 e. The van der Waals surface area contributed by atoms with Crippen LogP contribution >= 0.6 is 0 Å². The summed E-state index contributed by atoms with van der Waals surface area (Å²) in [6.07, 6.45) is 7.26. The van der Waals surface area contributed by atoms with Gasteiger partial charge in [-0.25, -0.2) is 4.98 Å². The molecule has 23 heavy (non-hydrogen) atoms. The highest BCUT2D eigenvalue weighted by Crippen LogP contribution is 2.05. The van der Waals surface area contributed by atoms with Gasteiger partial charge in [0.05, 0.1) is 35.5 Å². The number of imidazole rings is 1. The topological polar surface area (TPSA) is 125 Å². The minimum Gasteiger partial charge on any atom is -0.345 e. The zero-order valence-corrected chi connectivity index (χ0v) is 13.7. The lowest BCUT2D eigenvalue weighted by Crippen LogP contribution is -2.02. The maximum atomic E-state index is 10.1. The quantitative estimate of drug-likeness (QED) is 0.495. The number of aromatic amines is 2. The molecule has 0 radical (unpaired) electrons. The van der Waals surface area contributed by atoms with Crippen molar-refractivity contribution in [3.05, 3.63) is 43.0 Å². The van der Waals surface area contributed by atoms with Crippen molar-refractivity contribution in [3.63, 3.8) is 0 Å². The smallest absolute Gasteiger partial charge is 0.264 e. The third-order valence-corrected chi connectivity index (χ3v) is 3.47. The Morgan fingerprint density at radius 1 is 1.13 bits per heavy atom. The summed E-state index contributed by atoms with van der Waals surface area (Å²) in [5.74, 6) is -0.0964. The number of unbranched alkanes of at least 4 members (excludes halogenated alkanes) is 2. The van der Waals surface area contributed by atoms with Gasteiger partial charge in [-0.3, -0.25) is 4.55 Å². The first kappa shape index (κ1) is 18.8. The zero-order valence-electron chi connectivity index (χ0n) is 12.9. The van der Waals surface area contributed by atoms with Crippen LogP contribution in [0.3, 0.4) is 0 Å². The Morgan fingerprint density at radius 3 is 2.35 bits per heavy atom. The Kier molecular flexibility index (Phi) is 8.55. The SMILES string of the molecule is CCCCCS(=O)(=O)O.c1ccc2[nH]cnc2c1.c1cn[nH]n1. The van der Waals surface area contributed by atoms with Crippen LogP contribution in [0.15, 0.2) is 43.0 Å². The highest BCUT2D eigenvalue weighted by atomic mass is 32.2. The number of nitrogens with one attached hydrogen (secondary N) is 2. The average Bonchev–Trinajstić information content (AvgIpc) is 3.21. The van der Waals surface area contributed by atoms with E-state index in [1.54, 1.807) is 18.7 Å². The van der Waals surface area contributed by atoms with E-state index in [0.717, 1.165) is 23.9 Å².